The maximum atomic E-state index is 14.3. The van der Waals surface area contributed by atoms with Crippen LogP contribution in [0.4, 0.5) is 22.0 Å². The summed E-state index contributed by atoms with van der Waals surface area (Å²) in [7, 11) is 0. The highest BCUT2D eigenvalue weighted by atomic mass is 19.4. The molecule has 1 heterocycles. The van der Waals surface area contributed by atoms with E-state index < -0.39 is 35.1 Å². The lowest BCUT2D eigenvalue weighted by Crippen LogP contribution is -2.13. The Kier molecular flexibility index (Phi) is 6.31. The molecule has 4 rings (SSSR count). The Morgan fingerprint density at radius 3 is 2.25 bits per heavy atom. The molecule has 0 saturated heterocycles. The van der Waals surface area contributed by atoms with Gasteiger partial charge >= 0.3 is 12.1 Å². The quantitative estimate of drug-likeness (QED) is 0.373. The third kappa shape index (κ3) is 4.69. The molecule has 0 amide bonds. The molecular formula is C24H23F5N2O. The van der Waals surface area contributed by atoms with Gasteiger partial charge in [0.2, 0.25) is 5.82 Å². The first-order chi connectivity index (χ1) is 15.3. The molecule has 0 atom stereocenters. The Morgan fingerprint density at radius 2 is 1.66 bits per heavy atom. The minimum atomic E-state index is -4.87. The van der Waals surface area contributed by atoms with Crippen molar-refractivity contribution in [3.63, 3.8) is 0 Å². The highest BCUT2D eigenvalue weighted by Gasteiger charge is 2.39. The highest BCUT2D eigenvalue weighted by molar-refractivity contribution is 5.71. The average molecular weight is 450 g/mol. The van der Waals surface area contributed by atoms with Gasteiger partial charge < -0.3 is 4.52 Å². The van der Waals surface area contributed by atoms with E-state index in [9.17, 15) is 22.0 Å². The molecule has 0 bridgehead atoms. The fourth-order valence-electron chi connectivity index (χ4n) is 4.51. The minimum Gasteiger partial charge on any atom is -0.329 e. The zero-order chi connectivity index (χ0) is 22.9. The van der Waals surface area contributed by atoms with Crippen molar-refractivity contribution in [1.29, 1.82) is 0 Å². The summed E-state index contributed by atoms with van der Waals surface area (Å²) in [6, 6.07) is 9.85. The third-order valence-electron chi connectivity index (χ3n) is 6.20. The number of hydrogen-bond donors (Lipinski definition) is 0. The largest absolute Gasteiger partial charge is 0.471 e. The molecule has 1 saturated carbocycles. The van der Waals surface area contributed by atoms with E-state index in [0.29, 0.717) is 17.0 Å². The molecule has 1 aliphatic carbocycles. The van der Waals surface area contributed by atoms with Crippen molar-refractivity contribution in [2.75, 3.05) is 0 Å². The van der Waals surface area contributed by atoms with Gasteiger partial charge in [0.1, 0.15) is 0 Å². The lowest BCUT2D eigenvalue weighted by Gasteiger charge is -2.28. The van der Waals surface area contributed by atoms with Gasteiger partial charge in [-0.2, -0.15) is 18.2 Å². The Hall–Kier alpha value is -2.77. The van der Waals surface area contributed by atoms with E-state index in [0.717, 1.165) is 24.8 Å². The molecule has 3 aromatic rings. The summed E-state index contributed by atoms with van der Waals surface area (Å²) < 4.78 is 70.9. The Bertz CT molecular complexity index is 1070. The van der Waals surface area contributed by atoms with Gasteiger partial charge in [-0.1, -0.05) is 49.2 Å². The SMILES string of the molecule is CCC[C@H]1CC[C@H](c2ccc(-c3cc(F)c(F)c(-c4noc(C(F)(F)F)n4)c3)cc2)CC1. The predicted molar refractivity (Wildman–Crippen MR) is 110 cm³/mol. The zero-order valence-electron chi connectivity index (χ0n) is 17.6. The van der Waals surface area contributed by atoms with Crippen LogP contribution in [-0.4, -0.2) is 10.1 Å². The van der Waals surface area contributed by atoms with E-state index in [2.05, 4.69) is 21.6 Å². The fraction of sp³-hybridized carbons (Fsp3) is 0.417. The summed E-state index contributed by atoms with van der Waals surface area (Å²) >= 11 is 0. The number of alkyl halides is 3. The first kappa shape index (κ1) is 22.4. The van der Waals surface area contributed by atoms with Crippen molar-refractivity contribution in [1.82, 2.24) is 10.1 Å². The van der Waals surface area contributed by atoms with Crippen molar-refractivity contribution in [2.24, 2.45) is 5.92 Å². The van der Waals surface area contributed by atoms with Crippen LogP contribution in [0.15, 0.2) is 40.9 Å². The van der Waals surface area contributed by atoms with Crippen molar-refractivity contribution < 1.29 is 26.5 Å². The predicted octanol–water partition coefficient (Wildman–Crippen LogP) is 7.77. The fourth-order valence-corrected chi connectivity index (χ4v) is 4.51. The number of benzene rings is 2. The van der Waals surface area contributed by atoms with Gasteiger partial charge in [0, 0.05) is 0 Å². The van der Waals surface area contributed by atoms with Crippen molar-refractivity contribution in [3.05, 3.63) is 59.5 Å². The molecule has 0 spiro atoms. The van der Waals surface area contributed by atoms with Gasteiger partial charge in [-0.15, -0.1) is 0 Å². The van der Waals surface area contributed by atoms with Crippen LogP contribution >= 0.6 is 0 Å². The molecule has 1 aromatic heterocycles. The molecule has 0 unspecified atom stereocenters. The molecule has 170 valence electrons. The number of halogens is 5. The van der Waals surface area contributed by atoms with Crippen LogP contribution < -0.4 is 0 Å². The molecule has 3 nitrogen and oxygen atoms in total. The van der Waals surface area contributed by atoms with E-state index in [1.165, 1.54) is 37.3 Å². The Balaban J connectivity index is 1.57. The summed E-state index contributed by atoms with van der Waals surface area (Å²) in [6.07, 6.45) is 2.33. The van der Waals surface area contributed by atoms with Crippen LogP contribution in [0.1, 0.15) is 62.8 Å². The summed E-state index contributed by atoms with van der Waals surface area (Å²) in [5.74, 6) is -3.51. The van der Waals surface area contributed by atoms with Gasteiger partial charge in [0.15, 0.2) is 11.6 Å². The second kappa shape index (κ2) is 9.00. The molecule has 0 aliphatic heterocycles. The van der Waals surface area contributed by atoms with E-state index >= 15 is 0 Å². The van der Waals surface area contributed by atoms with Gasteiger partial charge in [0.05, 0.1) is 5.56 Å². The Labute approximate surface area is 182 Å². The van der Waals surface area contributed by atoms with Crippen molar-refractivity contribution in [2.45, 2.75) is 57.5 Å². The summed E-state index contributed by atoms with van der Waals surface area (Å²) in [5.41, 5.74) is 1.65. The third-order valence-corrected chi connectivity index (χ3v) is 6.20. The topological polar surface area (TPSA) is 38.9 Å². The zero-order valence-corrected chi connectivity index (χ0v) is 17.6. The maximum absolute atomic E-state index is 14.3. The Morgan fingerprint density at radius 1 is 0.969 bits per heavy atom. The van der Waals surface area contributed by atoms with Gasteiger partial charge in [-0.05, 0) is 66.3 Å². The lowest BCUT2D eigenvalue weighted by atomic mass is 9.77. The van der Waals surface area contributed by atoms with E-state index in [1.54, 1.807) is 0 Å². The molecule has 1 fully saturated rings. The van der Waals surface area contributed by atoms with E-state index in [1.807, 2.05) is 24.3 Å². The average Bonchev–Trinajstić information content (AvgIpc) is 3.27. The van der Waals surface area contributed by atoms with E-state index in [4.69, 9.17) is 0 Å². The van der Waals surface area contributed by atoms with Crippen LogP contribution in [0.3, 0.4) is 0 Å². The molecule has 1 aliphatic rings. The second-order valence-electron chi connectivity index (χ2n) is 8.37. The lowest BCUT2D eigenvalue weighted by molar-refractivity contribution is -0.159. The van der Waals surface area contributed by atoms with Gasteiger partial charge in [-0.25, -0.2) is 8.78 Å². The summed E-state index contributed by atoms with van der Waals surface area (Å²) in [5, 5.41) is 3.17. The standard InChI is InChI=1S/C24H23F5N2O/c1-2-3-14-4-6-15(7-5-14)16-8-10-17(11-9-16)18-12-19(21(26)20(25)13-18)22-30-23(32-31-22)24(27,28)29/h8-15H,2-7H2,1H3/t14-,15-. The normalized spacial score (nSPS) is 19.3. The second-order valence-corrected chi connectivity index (χ2v) is 8.37. The summed E-state index contributed by atoms with van der Waals surface area (Å²) in [4.78, 5) is 3.17. The highest BCUT2D eigenvalue weighted by Crippen LogP contribution is 2.38. The van der Waals surface area contributed by atoms with Crippen LogP contribution in [0.2, 0.25) is 0 Å². The maximum Gasteiger partial charge on any atom is 0.471 e. The van der Waals surface area contributed by atoms with Gasteiger partial charge in [0.25, 0.3) is 0 Å². The van der Waals surface area contributed by atoms with Gasteiger partial charge in [-0.3, -0.25) is 0 Å². The van der Waals surface area contributed by atoms with Crippen LogP contribution in [0, 0.1) is 17.6 Å². The smallest absolute Gasteiger partial charge is 0.329 e. The van der Waals surface area contributed by atoms with Crippen molar-refractivity contribution in [3.8, 4) is 22.5 Å². The molecule has 0 radical (unpaired) electrons. The molecular weight excluding hydrogens is 427 g/mol. The monoisotopic (exact) mass is 450 g/mol. The number of hydrogen-bond acceptors (Lipinski definition) is 3. The minimum absolute atomic E-state index is 0.315. The number of rotatable bonds is 5. The first-order valence-corrected chi connectivity index (χ1v) is 10.8. The van der Waals surface area contributed by atoms with Crippen molar-refractivity contribution >= 4 is 0 Å². The summed E-state index contributed by atoms with van der Waals surface area (Å²) in [6.45, 7) is 2.21. The van der Waals surface area contributed by atoms with Crippen LogP contribution in [-0.2, 0) is 6.18 Å². The van der Waals surface area contributed by atoms with Crippen LogP contribution in [0.5, 0.6) is 0 Å². The molecule has 8 heteroatoms. The molecule has 32 heavy (non-hydrogen) atoms. The molecule has 0 N–H and O–H groups in total. The number of aromatic nitrogens is 2. The molecule has 2 aromatic carbocycles. The van der Waals surface area contributed by atoms with Crippen LogP contribution in [0.25, 0.3) is 22.5 Å². The number of nitrogens with zero attached hydrogens (tertiary/aromatic N) is 2. The first-order valence-electron chi connectivity index (χ1n) is 10.8. The van der Waals surface area contributed by atoms with E-state index in [-0.39, 0.29) is 0 Å².